The van der Waals surface area contributed by atoms with Crippen molar-refractivity contribution in [2.45, 2.75) is 46.2 Å². The lowest BCUT2D eigenvalue weighted by molar-refractivity contribution is 0.104. The van der Waals surface area contributed by atoms with Gasteiger partial charge in [-0.3, -0.25) is 4.90 Å². The summed E-state index contributed by atoms with van der Waals surface area (Å²) in [5.74, 6) is 2.48. The van der Waals surface area contributed by atoms with Gasteiger partial charge in [0.05, 0.1) is 0 Å². The molecular weight excluding hydrogens is 264 g/mol. The summed E-state index contributed by atoms with van der Waals surface area (Å²) in [5.41, 5.74) is 0. The molecule has 0 radical (unpaired) electrons. The van der Waals surface area contributed by atoms with E-state index >= 15 is 0 Å². The molecule has 1 fully saturated rings. The van der Waals surface area contributed by atoms with Crippen molar-refractivity contribution < 1.29 is 0 Å². The minimum Gasteiger partial charge on any atom is -0.317 e. The summed E-state index contributed by atoms with van der Waals surface area (Å²) in [6.45, 7) is 10.6. The zero-order valence-electron chi connectivity index (χ0n) is 13.4. The van der Waals surface area contributed by atoms with Gasteiger partial charge in [-0.25, -0.2) is 0 Å². The molecule has 1 heterocycles. The van der Waals surface area contributed by atoms with Crippen molar-refractivity contribution >= 4 is 11.3 Å². The standard InChI is InChI=1S/C17H30N2S/c1-5-19(11-15-7-6-8-20-15)12-16-14(3)9-13(2)10-17(16)18-4/h6-8,13-14,16-18H,5,9-12H2,1-4H3. The van der Waals surface area contributed by atoms with Gasteiger partial charge in [-0.2, -0.15) is 0 Å². The van der Waals surface area contributed by atoms with Gasteiger partial charge in [0.25, 0.3) is 0 Å². The molecule has 20 heavy (non-hydrogen) atoms. The van der Waals surface area contributed by atoms with E-state index in [-0.39, 0.29) is 0 Å². The first-order valence-electron chi connectivity index (χ1n) is 8.06. The smallest absolute Gasteiger partial charge is 0.0327 e. The van der Waals surface area contributed by atoms with E-state index in [0.717, 1.165) is 30.8 Å². The first-order valence-corrected chi connectivity index (χ1v) is 8.94. The molecule has 1 aliphatic carbocycles. The van der Waals surface area contributed by atoms with Gasteiger partial charge in [0, 0.05) is 24.0 Å². The van der Waals surface area contributed by atoms with E-state index in [1.807, 2.05) is 11.3 Å². The Morgan fingerprint density at radius 3 is 2.75 bits per heavy atom. The molecule has 1 N–H and O–H groups in total. The molecule has 2 rings (SSSR count). The zero-order chi connectivity index (χ0) is 14.5. The predicted molar refractivity (Wildman–Crippen MR) is 89.2 cm³/mol. The van der Waals surface area contributed by atoms with Crippen LogP contribution in [0.15, 0.2) is 17.5 Å². The monoisotopic (exact) mass is 294 g/mol. The SMILES string of the molecule is CCN(Cc1cccs1)CC1C(C)CC(C)CC1NC. The van der Waals surface area contributed by atoms with Crippen LogP contribution in [-0.4, -0.2) is 31.1 Å². The van der Waals surface area contributed by atoms with Crippen LogP contribution in [0.4, 0.5) is 0 Å². The van der Waals surface area contributed by atoms with Crippen molar-refractivity contribution in [2.75, 3.05) is 20.1 Å². The minimum atomic E-state index is 0.686. The Morgan fingerprint density at radius 2 is 2.15 bits per heavy atom. The van der Waals surface area contributed by atoms with Gasteiger partial charge in [0.15, 0.2) is 0 Å². The summed E-state index contributed by atoms with van der Waals surface area (Å²) in [7, 11) is 2.14. The maximum Gasteiger partial charge on any atom is 0.0327 e. The van der Waals surface area contributed by atoms with Crippen molar-refractivity contribution in [3.8, 4) is 0 Å². The third-order valence-electron chi connectivity index (χ3n) is 4.92. The molecule has 0 aromatic carbocycles. The molecular formula is C17H30N2S. The molecule has 1 aromatic heterocycles. The van der Waals surface area contributed by atoms with Crippen molar-refractivity contribution in [1.82, 2.24) is 10.2 Å². The van der Waals surface area contributed by atoms with Gasteiger partial charge in [0.1, 0.15) is 0 Å². The Balaban J connectivity index is 1.97. The lowest BCUT2D eigenvalue weighted by Crippen LogP contribution is -2.47. The lowest BCUT2D eigenvalue weighted by atomic mass is 9.72. The molecule has 0 saturated heterocycles. The molecule has 1 saturated carbocycles. The quantitative estimate of drug-likeness (QED) is 0.857. The highest BCUT2D eigenvalue weighted by Crippen LogP contribution is 2.34. The van der Waals surface area contributed by atoms with E-state index in [1.165, 1.54) is 24.3 Å². The Labute approximate surface area is 128 Å². The van der Waals surface area contributed by atoms with E-state index in [0.29, 0.717) is 6.04 Å². The van der Waals surface area contributed by atoms with E-state index in [9.17, 15) is 0 Å². The second-order valence-electron chi connectivity index (χ2n) is 6.52. The van der Waals surface area contributed by atoms with Gasteiger partial charge in [-0.05, 0) is 55.6 Å². The normalized spacial score (nSPS) is 30.9. The Morgan fingerprint density at radius 1 is 1.35 bits per heavy atom. The molecule has 2 nitrogen and oxygen atoms in total. The van der Waals surface area contributed by atoms with Gasteiger partial charge in [-0.15, -0.1) is 11.3 Å². The van der Waals surface area contributed by atoms with E-state index in [4.69, 9.17) is 0 Å². The minimum absolute atomic E-state index is 0.686. The highest BCUT2D eigenvalue weighted by atomic mass is 32.1. The van der Waals surface area contributed by atoms with Gasteiger partial charge >= 0.3 is 0 Å². The van der Waals surface area contributed by atoms with Crippen molar-refractivity contribution in [2.24, 2.45) is 17.8 Å². The van der Waals surface area contributed by atoms with Crippen molar-refractivity contribution in [3.05, 3.63) is 22.4 Å². The summed E-state index contributed by atoms with van der Waals surface area (Å²) in [6.07, 6.45) is 2.72. The van der Waals surface area contributed by atoms with Crippen LogP contribution in [0.3, 0.4) is 0 Å². The van der Waals surface area contributed by atoms with E-state index < -0.39 is 0 Å². The van der Waals surface area contributed by atoms with Crippen molar-refractivity contribution in [3.63, 3.8) is 0 Å². The molecule has 0 bridgehead atoms. The van der Waals surface area contributed by atoms with Crippen LogP contribution in [-0.2, 0) is 6.54 Å². The molecule has 0 aliphatic heterocycles. The van der Waals surface area contributed by atoms with Gasteiger partial charge < -0.3 is 5.32 Å². The fourth-order valence-electron chi connectivity index (χ4n) is 3.78. The molecule has 1 aromatic rings. The average molecular weight is 295 g/mol. The summed E-state index contributed by atoms with van der Waals surface area (Å²) in [4.78, 5) is 4.11. The number of nitrogens with one attached hydrogen (secondary N) is 1. The predicted octanol–water partition coefficient (Wildman–Crippen LogP) is 3.84. The molecule has 4 atom stereocenters. The Hall–Kier alpha value is -0.380. The van der Waals surface area contributed by atoms with Crippen LogP contribution in [0.1, 0.15) is 38.5 Å². The second-order valence-corrected chi connectivity index (χ2v) is 7.55. The average Bonchev–Trinajstić information content (AvgIpc) is 2.93. The molecule has 0 amide bonds. The summed E-state index contributed by atoms with van der Waals surface area (Å²) in [6, 6.07) is 5.11. The third-order valence-corrected chi connectivity index (χ3v) is 5.79. The van der Waals surface area contributed by atoms with Crippen LogP contribution in [0.2, 0.25) is 0 Å². The summed E-state index contributed by atoms with van der Waals surface area (Å²) >= 11 is 1.88. The highest BCUT2D eigenvalue weighted by molar-refractivity contribution is 7.09. The third kappa shape index (κ3) is 4.06. The van der Waals surface area contributed by atoms with Crippen LogP contribution in [0, 0.1) is 17.8 Å². The molecule has 4 unspecified atom stereocenters. The summed E-state index contributed by atoms with van der Waals surface area (Å²) in [5, 5.41) is 5.76. The number of hydrogen-bond acceptors (Lipinski definition) is 3. The molecule has 114 valence electrons. The second kappa shape index (κ2) is 7.58. The largest absolute Gasteiger partial charge is 0.317 e. The zero-order valence-corrected chi connectivity index (χ0v) is 14.2. The fraction of sp³-hybridized carbons (Fsp3) is 0.765. The summed E-state index contributed by atoms with van der Waals surface area (Å²) < 4.78 is 0. The van der Waals surface area contributed by atoms with Crippen LogP contribution in [0.5, 0.6) is 0 Å². The van der Waals surface area contributed by atoms with Crippen LogP contribution >= 0.6 is 11.3 Å². The van der Waals surface area contributed by atoms with E-state index in [1.54, 1.807) is 0 Å². The Kier molecular flexibility index (Phi) is 6.06. The number of rotatable bonds is 6. The first-order chi connectivity index (χ1) is 9.63. The van der Waals surface area contributed by atoms with E-state index in [2.05, 4.69) is 55.5 Å². The Bertz CT molecular complexity index is 376. The van der Waals surface area contributed by atoms with Crippen LogP contribution < -0.4 is 5.32 Å². The van der Waals surface area contributed by atoms with Crippen LogP contribution in [0.25, 0.3) is 0 Å². The maximum absolute atomic E-state index is 3.58. The molecule has 0 spiro atoms. The lowest BCUT2D eigenvalue weighted by Gasteiger charge is -2.42. The van der Waals surface area contributed by atoms with Gasteiger partial charge in [0.2, 0.25) is 0 Å². The highest BCUT2D eigenvalue weighted by Gasteiger charge is 2.33. The maximum atomic E-state index is 3.58. The topological polar surface area (TPSA) is 15.3 Å². The molecule has 1 aliphatic rings. The number of hydrogen-bond donors (Lipinski definition) is 1. The molecule has 3 heteroatoms. The number of nitrogens with zero attached hydrogens (tertiary/aromatic N) is 1. The fourth-order valence-corrected chi connectivity index (χ4v) is 4.52. The van der Waals surface area contributed by atoms with Gasteiger partial charge in [-0.1, -0.05) is 26.8 Å². The van der Waals surface area contributed by atoms with Crippen molar-refractivity contribution in [1.29, 1.82) is 0 Å². The number of thiophene rings is 1. The first kappa shape index (κ1) is 16.0.